The van der Waals surface area contributed by atoms with Crippen molar-refractivity contribution in [3.63, 3.8) is 0 Å². The first-order valence-corrected chi connectivity index (χ1v) is 6.82. The zero-order valence-corrected chi connectivity index (χ0v) is 12.1. The zero-order chi connectivity index (χ0) is 13.2. The molecule has 1 aromatic heterocycles. The molecule has 0 amide bonds. The fraction of sp³-hybridized carbons (Fsp3) is 0.0714. The number of para-hydroxylation sites is 1. The van der Waals surface area contributed by atoms with Gasteiger partial charge in [-0.1, -0.05) is 12.1 Å². The summed E-state index contributed by atoms with van der Waals surface area (Å²) in [6.07, 6.45) is 0. The van der Waals surface area contributed by atoms with Crippen molar-refractivity contribution >= 4 is 39.4 Å². The van der Waals surface area contributed by atoms with Crippen LogP contribution in [0.3, 0.4) is 0 Å². The average Bonchev–Trinajstić information content (AvgIpc) is 2.79. The van der Waals surface area contributed by atoms with Crippen LogP contribution in [0.4, 0.5) is 5.69 Å². The molecule has 96 valence electrons. The van der Waals surface area contributed by atoms with Gasteiger partial charge in [-0.05, 0) is 46.9 Å². The van der Waals surface area contributed by atoms with Gasteiger partial charge in [0.15, 0.2) is 12.2 Å². The van der Waals surface area contributed by atoms with Crippen LogP contribution in [0.5, 0.6) is 5.75 Å². The molecule has 0 atom stereocenters. The highest BCUT2D eigenvalue weighted by atomic mass is 127. The van der Waals surface area contributed by atoms with E-state index in [1.54, 1.807) is 12.1 Å². The predicted molar refractivity (Wildman–Crippen MR) is 81.9 cm³/mol. The maximum atomic E-state index is 5.70. The van der Waals surface area contributed by atoms with E-state index in [0.717, 1.165) is 14.8 Å². The first kappa shape index (κ1) is 12.3. The van der Waals surface area contributed by atoms with E-state index in [1.807, 2.05) is 30.3 Å². The van der Waals surface area contributed by atoms with Gasteiger partial charge in [0.25, 0.3) is 0 Å². The molecule has 0 aliphatic heterocycles. The number of anilines is 1. The van der Waals surface area contributed by atoms with Crippen molar-refractivity contribution in [3.8, 4) is 5.75 Å². The summed E-state index contributed by atoms with van der Waals surface area (Å²) in [5.41, 5.74) is 7.83. The van der Waals surface area contributed by atoms with E-state index in [-0.39, 0.29) is 0 Å². The fourth-order valence-corrected chi connectivity index (χ4v) is 2.30. The van der Waals surface area contributed by atoms with Crippen molar-refractivity contribution in [2.75, 3.05) is 5.73 Å². The maximum Gasteiger partial charge on any atom is 0.233 e. The summed E-state index contributed by atoms with van der Waals surface area (Å²) in [6, 6.07) is 13.2. The van der Waals surface area contributed by atoms with E-state index in [4.69, 9.17) is 14.9 Å². The van der Waals surface area contributed by atoms with Crippen molar-refractivity contribution in [1.29, 1.82) is 0 Å². The number of benzene rings is 2. The molecule has 0 radical (unpaired) electrons. The molecule has 0 saturated carbocycles. The molecule has 0 unspecified atom stereocenters. The number of nitrogens with zero attached hydrogens (tertiary/aromatic N) is 1. The van der Waals surface area contributed by atoms with Gasteiger partial charge >= 0.3 is 0 Å². The van der Waals surface area contributed by atoms with Crippen molar-refractivity contribution < 1.29 is 9.15 Å². The number of hydrogen-bond donors (Lipinski definition) is 1. The second-order valence-electron chi connectivity index (χ2n) is 4.05. The summed E-state index contributed by atoms with van der Waals surface area (Å²) < 4.78 is 12.3. The highest BCUT2D eigenvalue weighted by Gasteiger charge is 2.07. The van der Waals surface area contributed by atoms with Crippen LogP contribution in [0, 0.1) is 3.57 Å². The number of fused-ring (bicyclic) bond motifs is 1. The number of hydrogen-bond acceptors (Lipinski definition) is 4. The lowest BCUT2D eigenvalue weighted by Gasteiger charge is -2.04. The maximum absolute atomic E-state index is 5.70. The molecule has 0 fully saturated rings. The second-order valence-corrected chi connectivity index (χ2v) is 5.22. The molecule has 0 saturated heterocycles. The summed E-state index contributed by atoms with van der Waals surface area (Å²) in [7, 11) is 0. The van der Waals surface area contributed by atoms with Crippen LogP contribution in [0.1, 0.15) is 5.89 Å². The predicted octanol–water partition coefficient (Wildman–Crippen LogP) is 3.59. The summed E-state index contributed by atoms with van der Waals surface area (Å²) in [6.45, 7) is 0.300. The largest absolute Gasteiger partial charge is 0.483 e. The molecule has 0 bridgehead atoms. The lowest BCUT2D eigenvalue weighted by molar-refractivity contribution is 0.265. The van der Waals surface area contributed by atoms with Gasteiger partial charge < -0.3 is 14.9 Å². The molecule has 2 aromatic carbocycles. The van der Waals surface area contributed by atoms with Crippen LogP contribution < -0.4 is 10.5 Å². The molecule has 0 aliphatic rings. The third-order valence-electron chi connectivity index (χ3n) is 2.64. The zero-order valence-electron chi connectivity index (χ0n) is 9.97. The summed E-state index contributed by atoms with van der Waals surface area (Å²) >= 11 is 2.23. The summed E-state index contributed by atoms with van der Waals surface area (Å²) in [5.74, 6) is 1.37. The Labute approximate surface area is 123 Å². The average molecular weight is 366 g/mol. The van der Waals surface area contributed by atoms with Crippen LogP contribution in [0.25, 0.3) is 11.1 Å². The number of aromatic nitrogens is 1. The first-order valence-electron chi connectivity index (χ1n) is 5.74. The quantitative estimate of drug-likeness (QED) is 0.569. The standard InChI is InChI=1S/C14H11IN2O2/c15-10-3-1-2-4-12(10)18-8-14-17-11-6-5-9(16)7-13(11)19-14/h1-7H,8,16H2. The Kier molecular flexibility index (Phi) is 3.29. The molecular weight excluding hydrogens is 355 g/mol. The fourth-order valence-electron chi connectivity index (χ4n) is 1.75. The molecule has 1 heterocycles. The topological polar surface area (TPSA) is 61.3 Å². The van der Waals surface area contributed by atoms with Gasteiger partial charge in [-0.25, -0.2) is 4.98 Å². The third kappa shape index (κ3) is 2.65. The Hall–Kier alpha value is -1.76. The Balaban J connectivity index is 1.80. The van der Waals surface area contributed by atoms with E-state index in [2.05, 4.69) is 27.6 Å². The van der Waals surface area contributed by atoms with E-state index in [1.165, 1.54) is 0 Å². The van der Waals surface area contributed by atoms with E-state index in [0.29, 0.717) is 23.8 Å². The van der Waals surface area contributed by atoms with E-state index < -0.39 is 0 Å². The van der Waals surface area contributed by atoms with E-state index >= 15 is 0 Å². The SMILES string of the molecule is Nc1ccc2nc(COc3ccccc3I)oc2c1. The number of halogens is 1. The lowest BCUT2D eigenvalue weighted by Crippen LogP contribution is -1.96. The molecule has 0 aliphatic carbocycles. The van der Waals surface area contributed by atoms with Crippen molar-refractivity contribution in [2.24, 2.45) is 0 Å². The molecule has 0 spiro atoms. The van der Waals surface area contributed by atoms with Crippen LogP contribution in [0.2, 0.25) is 0 Å². The number of nitrogens with two attached hydrogens (primary N) is 1. The highest BCUT2D eigenvalue weighted by Crippen LogP contribution is 2.22. The molecule has 3 rings (SSSR count). The Morgan fingerprint density at radius 2 is 2.05 bits per heavy atom. The van der Waals surface area contributed by atoms with Crippen LogP contribution in [0.15, 0.2) is 46.9 Å². The minimum Gasteiger partial charge on any atom is -0.483 e. The van der Waals surface area contributed by atoms with Crippen molar-refractivity contribution in [3.05, 3.63) is 51.9 Å². The molecule has 4 nitrogen and oxygen atoms in total. The van der Waals surface area contributed by atoms with Gasteiger partial charge in [0.05, 0.1) is 3.57 Å². The molecule has 19 heavy (non-hydrogen) atoms. The van der Waals surface area contributed by atoms with Crippen LogP contribution in [-0.4, -0.2) is 4.98 Å². The van der Waals surface area contributed by atoms with Crippen molar-refractivity contribution in [2.45, 2.75) is 6.61 Å². The van der Waals surface area contributed by atoms with Gasteiger partial charge in [0.2, 0.25) is 5.89 Å². The van der Waals surface area contributed by atoms with Gasteiger partial charge in [-0.15, -0.1) is 0 Å². The van der Waals surface area contributed by atoms with Crippen molar-refractivity contribution in [1.82, 2.24) is 4.98 Å². The van der Waals surface area contributed by atoms with Gasteiger partial charge in [-0.2, -0.15) is 0 Å². The molecule has 3 aromatic rings. The number of oxazole rings is 1. The smallest absolute Gasteiger partial charge is 0.233 e. The van der Waals surface area contributed by atoms with Gasteiger partial charge in [0.1, 0.15) is 11.3 Å². The Bertz CT molecular complexity index is 724. The second kappa shape index (κ2) is 5.08. The summed E-state index contributed by atoms with van der Waals surface area (Å²) in [4.78, 5) is 4.35. The monoisotopic (exact) mass is 366 g/mol. The van der Waals surface area contributed by atoms with Crippen LogP contribution in [-0.2, 0) is 6.61 Å². The number of ether oxygens (including phenoxy) is 1. The van der Waals surface area contributed by atoms with Gasteiger partial charge in [0, 0.05) is 11.8 Å². The summed E-state index contributed by atoms with van der Waals surface area (Å²) in [5, 5.41) is 0. The van der Waals surface area contributed by atoms with E-state index in [9.17, 15) is 0 Å². The highest BCUT2D eigenvalue weighted by molar-refractivity contribution is 14.1. The minimum atomic E-state index is 0.300. The first-order chi connectivity index (χ1) is 9.22. The number of rotatable bonds is 3. The third-order valence-corrected chi connectivity index (χ3v) is 3.54. The molecular formula is C14H11IN2O2. The Morgan fingerprint density at radius 3 is 2.89 bits per heavy atom. The normalized spacial score (nSPS) is 10.8. The Morgan fingerprint density at radius 1 is 1.21 bits per heavy atom. The lowest BCUT2D eigenvalue weighted by atomic mass is 10.3. The van der Waals surface area contributed by atoms with Crippen LogP contribution >= 0.6 is 22.6 Å². The minimum absolute atomic E-state index is 0.300. The number of nitrogen functional groups attached to an aromatic ring is 1. The molecule has 5 heteroatoms. The molecule has 2 N–H and O–H groups in total. The van der Waals surface area contributed by atoms with Gasteiger partial charge in [-0.3, -0.25) is 0 Å².